The van der Waals surface area contributed by atoms with Crippen molar-refractivity contribution in [2.45, 2.75) is 25.7 Å². The van der Waals surface area contributed by atoms with Crippen molar-refractivity contribution in [3.8, 4) is 0 Å². The van der Waals surface area contributed by atoms with Gasteiger partial charge in [0.1, 0.15) is 0 Å². The molecule has 1 aromatic heterocycles. The summed E-state index contributed by atoms with van der Waals surface area (Å²) in [5.74, 6) is 1.10. The summed E-state index contributed by atoms with van der Waals surface area (Å²) in [6.07, 6.45) is 4.43. The zero-order valence-electron chi connectivity index (χ0n) is 6.54. The lowest BCUT2D eigenvalue weighted by molar-refractivity contribution is 0.996. The lowest BCUT2D eigenvalue weighted by atomic mass is 10.1. The average Bonchev–Trinajstić information content (AvgIpc) is 2.70. The van der Waals surface area contributed by atoms with Gasteiger partial charge < -0.3 is 5.73 Å². The first-order valence-corrected chi connectivity index (χ1v) is 3.86. The highest BCUT2D eigenvalue weighted by molar-refractivity contribution is 5.29. The van der Waals surface area contributed by atoms with Crippen molar-refractivity contribution >= 4 is 5.95 Å². The fraction of sp³-hybridized carbons (Fsp3) is 0.500. The van der Waals surface area contributed by atoms with Crippen molar-refractivity contribution < 1.29 is 0 Å². The van der Waals surface area contributed by atoms with Gasteiger partial charge in [-0.2, -0.15) is 0 Å². The number of rotatable bonds is 1. The van der Waals surface area contributed by atoms with Gasteiger partial charge in [0.2, 0.25) is 5.95 Å². The van der Waals surface area contributed by atoms with Crippen molar-refractivity contribution in [2.24, 2.45) is 0 Å². The van der Waals surface area contributed by atoms with Gasteiger partial charge in [-0.3, -0.25) is 0 Å². The van der Waals surface area contributed by atoms with Crippen LogP contribution in [0.3, 0.4) is 0 Å². The zero-order valence-corrected chi connectivity index (χ0v) is 6.54. The average molecular weight is 149 g/mol. The van der Waals surface area contributed by atoms with E-state index in [1.165, 1.54) is 18.4 Å². The Morgan fingerprint density at radius 1 is 1.55 bits per heavy atom. The number of nitrogens with two attached hydrogens (primary N) is 1. The maximum Gasteiger partial charge on any atom is 0.220 e. The molecule has 1 aromatic rings. The smallest absolute Gasteiger partial charge is 0.220 e. The predicted molar refractivity (Wildman–Crippen MR) is 43.2 cm³/mol. The van der Waals surface area contributed by atoms with Crippen LogP contribution < -0.4 is 5.73 Å². The Morgan fingerprint density at radius 2 is 2.27 bits per heavy atom. The second-order valence-electron chi connectivity index (χ2n) is 3.04. The summed E-state index contributed by atoms with van der Waals surface area (Å²) in [7, 11) is 0. The minimum absolute atomic E-state index is 0.381. The number of hydrogen-bond acceptors (Lipinski definition) is 3. The van der Waals surface area contributed by atoms with E-state index < -0.39 is 0 Å². The van der Waals surface area contributed by atoms with Crippen molar-refractivity contribution in [1.29, 1.82) is 0 Å². The molecule has 1 heterocycles. The number of aryl methyl sites for hydroxylation is 1. The molecule has 0 amide bonds. The highest BCUT2D eigenvalue weighted by Gasteiger charge is 2.25. The molecule has 58 valence electrons. The van der Waals surface area contributed by atoms with Crippen LogP contribution in [0.15, 0.2) is 6.20 Å². The van der Waals surface area contributed by atoms with Gasteiger partial charge >= 0.3 is 0 Å². The largest absolute Gasteiger partial charge is 0.368 e. The van der Waals surface area contributed by atoms with Crippen LogP contribution in [0.4, 0.5) is 5.95 Å². The molecule has 0 bridgehead atoms. The number of hydrogen-bond donors (Lipinski definition) is 1. The SMILES string of the molecule is Cc1nc(N)ncc1C1CC1. The van der Waals surface area contributed by atoms with Crippen molar-refractivity contribution in [3.05, 3.63) is 17.5 Å². The first-order valence-electron chi connectivity index (χ1n) is 3.86. The first kappa shape index (κ1) is 6.58. The Balaban J connectivity index is 2.39. The quantitative estimate of drug-likeness (QED) is 0.653. The van der Waals surface area contributed by atoms with Crippen LogP contribution >= 0.6 is 0 Å². The molecular formula is C8H11N3. The maximum absolute atomic E-state index is 5.43. The van der Waals surface area contributed by atoms with Crippen LogP contribution in [0.5, 0.6) is 0 Å². The molecule has 0 radical (unpaired) electrons. The van der Waals surface area contributed by atoms with E-state index in [-0.39, 0.29) is 0 Å². The molecule has 0 atom stereocenters. The number of anilines is 1. The van der Waals surface area contributed by atoms with Crippen molar-refractivity contribution in [1.82, 2.24) is 9.97 Å². The molecule has 0 aromatic carbocycles. The highest BCUT2D eigenvalue weighted by Crippen LogP contribution is 2.40. The van der Waals surface area contributed by atoms with Crippen LogP contribution in [-0.4, -0.2) is 9.97 Å². The van der Waals surface area contributed by atoms with E-state index >= 15 is 0 Å². The first-order chi connectivity index (χ1) is 5.27. The molecule has 1 aliphatic carbocycles. The Bertz CT molecular complexity index is 279. The summed E-state index contributed by atoms with van der Waals surface area (Å²) in [6, 6.07) is 0. The molecule has 1 fully saturated rings. The highest BCUT2D eigenvalue weighted by atomic mass is 15.0. The van der Waals surface area contributed by atoms with Crippen LogP contribution in [0.1, 0.15) is 30.0 Å². The lowest BCUT2D eigenvalue weighted by Gasteiger charge is -2.01. The van der Waals surface area contributed by atoms with Gasteiger partial charge in [0.15, 0.2) is 0 Å². The van der Waals surface area contributed by atoms with Gasteiger partial charge in [0.05, 0.1) is 0 Å². The number of aromatic nitrogens is 2. The Kier molecular flexibility index (Phi) is 1.31. The number of nitrogen functional groups attached to an aromatic ring is 1. The molecule has 1 aliphatic rings. The van der Waals surface area contributed by atoms with Crippen molar-refractivity contribution in [3.63, 3.8) is 0 Å². The fourth-order valence-corrected chi connectivity index (χ4v) is 1.29. The van der Waals surface area contributed by atoms with E-state index in [1.54, 1.807) is 0 Å². The third kappa shape index (κ3) is 1.18. The Morgan fingerprint density at radius 3 is 2.82 bits per heavy atom. The van der Waals surface area contributed by atoms with E-state index in [9.17, 15) is 0 Å². The van der Waals surface area contributed by atoms with E-state index in [0.717, 1.165) is 11.6 Å². The lowest BCUT2D eigenvalue weighted by Crippen LogP contribution is -1.99. The standard InChI is InChI=1S/C8H11N3/c1-5-7(6-2-3-6)4-10-8(9)11-5/h4,6H,2-3H2,1H3,(H2,9,10,11). The molecule has 3 nitrogen and oxygen atoms in total. The van der Waals surface area contributed by atoms with Crippen LogP contribution in [0.2, 0.25) is 0 Å². The van der Waals surface area contributed by atoms with Gasteiger partial charge in [-0.1, -0.05) is 0 Å². The van der Waals surface area contributed by atoms with E-state index in [2.05, 4.69) is 9.97 Å². The van der Waals surface area contributed by atoms with E-state index in [0.29, 0.717) is 5.95 Å². The summed E-state index contributed by atoms with van der Waals surface area (Å²) < 4.78 is 0. The van der Waals surface area contributed by atoms with Gasteiger partial charge in [0.25, 0.3) is 0 Å². The minimum Gasteiger partial charge on any atom is -0.368 e. The molecule has 0 saturated heterocycles. The minimum atomic E-state index is 0.381. The van der Waals surface area contributed by atoms with Crippen LogP contribution in [0, 0.1) is 6.92 Å². The van der Waals surface area contributed by atoms with Crippen LogP contribution in [-0.2, 0) is 0 Å². The molecule has 3 heteroatoms. The topological polar surface area (TPSA) is 51.8 Å². The second kappa shape index (κ2) is 2.19. The molecule has 0 aliphatic heterocycles. The molecule has 0 unspecified atom stereocenters. The summed E-state index contributed by atoms with van der Waals surface area (Å²) in [5, 5.41) is 0. The van der Waals surface area contributed by atoms with Gasteiger partial charge in [-0.05, 0) is 31.2 Å². The molecular weight excluding hydrogens is 138 g/mol. The van der Waals surface area contributed by atoms with Gasteiger partial charge in [-0.15, -0.1) is 0 Å². The third-order valence-electron chi connectivity index (χ3n) is 2.05. The summed E-state index contributed by atoms with van der Waals surface area (Å²) in [6.45, 7) is 1.99. The number of nitrogens with zero attached hydrogens (tertiary/aromatic N) is 2. The van der Waals surface area contributed by atoms with Gasteiger partial charge in [0, 0.05) is 11.9 Å². The molecule has 0 spiro atoms. The fourth-order valence-electron chi connectivity index (χ4n) is 1.29. The summed E-state index contributed by atoms with van der Waals surface area (Å²) in [5.41, 5.74) is 7.74. The molecule has 11 heavy (non-hydrogen) atoms. The molecule has 2 rings (SSSR count). The maximum atomic E-state index is 5.43. The van der Waals surface area contributed by atoms with E-state index in [4.69, 9.17) is 5.73 Å². The zero-order chi connectivity index (χ0) is 7.84. The van der Waals surface area contributed by atoms with Crippen LogP contribution in [0.25, 0.3) is 0 Å². The predicted octanol–water partition coefficient (Wildman–Crippen LogP) is 1.24. The normalized spacial score (nSPS) is 16.8. The monoisotopic (exact) mass is 149 g/mol. The van der Waals surface area contributed by atoms with E-state index in [1.807, 2.05) is 13.1 Å². The third-order valence-corrected chi connectivity index (χ3v) is 2.05. The Labute approximate surface area is 65.7 Å². The van der Waals surface area contributed by atoms with Crippen molar-refractivity contribution in [2.75, 3.05) is 5.73 Å². The molecule has 1 saturated carbocycles. The van der Waals surface area contributed by atoms with Gasteiger partial charge in [-0.25, -0.2) is 9.97 Å². The second-order valence-corrected chi connectivity index (χ2v) is 3.04. The molecule has 2 N–H and O–H groups in total. The Hall–Kier alpha value is -1.12. The summed E-state index contributed by atoms with van der Waals surface area (Å²) >= 11 is 0. The summed E-state index contributed by atoms with van der Waals surface area (Å²) in [4.78, 5) is 8.07.